The van der Waals surface area contributed by atoms with Gasteiger partial charge in [-0.3, -0.25) is 10.1 Å². The van der Waals surface area contributed by atoms with Crippen LogP contribution < -0.4 is 0 Å². The molecule has 0 bridgehead atoms. The van der Waals surface area contributed by atoms with Crippen LogP contribution >= 0.6 is 0 Å². The molecule has 0 spiro atoms. The van der Waals surface area contributed by atoms with Gasteiger partial charge in [0.2, 0.25) is 0 Å². The fraction of sp³-hybridized carbons (Fsp3) is 0.611. The Kier molecular flexibility index (Phi) is 13.8. The molecule has 0 aliphatic rings. The second-order valence-corrected chi connectivity index (χ2v) is 5.42. The van der Waals surface area contributed by atoms with Crippen LogP contribution in [0.4, 0.5) is 0 Å². The summed E-state index contributed by atoms with van der Waals surface area (Å²) < 4.78 is 0. The first-order valence-corrected chi connectivity index (χ1v) is 8.40. The average Bonchev–Trinajstić information content (AvgIpc) is 2.50. The minimum atomic E-state index is -1.45. The van der Waals surface area contributed by atoms with Gasteiger partial charge in [0, 0.05) is 11.3 Å². The van der Waals surface area contributed by atoms with Crippen LogP contribution in [0.25, 0.3) is 0 Å². The molecule has 0 aromatic rings. The zero-order chi connectivity index (χ0) is 17.3. The molecule has 1 atom stereocenters. The number of nitro groups is 1. The molecule has 0 aromatic heterocycles. The lowest BCUT2D eigenvalue weighted by Crippen LogP contribution is -2.28. The summed E-state index contributed by atoms with van der Waals surface area (Å²) in [5.74, 6) is -1.34. The van der Waals surface area contributed by atoms with E-state index in [4.69, 9.17) is 5.11 Å². The van der Waals surface area contributed by atoms with Gasteiger partial charge in [-0.2, -0.15) is 0 Å². The quantitative estimate of drug-likeness (QED) is 0.213. The van der Waals surface area contributed by atoms with E-state index in [1.807, 2.05) is 0 Å². The van der Waals surface area contributed by atoms with Gasteiger partial charge in [0.25, 0.3) is 0 Å². The molecule has 0 saturated heterocycles. The number of hydrogen-bond donors (Lipinski definition) is 1. The molecule has 0 aliphatic heterocycles. The van der Waals surface area contributed by atoms with Gasteiger partial charge in [-0.1, -0.05) is 56.2 Å². The predicted octanol–water partition coefficient (Wildman–Crippen LogP) is 4.92. The molecule has 1 unspecified atom stereocenters. The lowest BCUT2D eigenvalue weighted by Gasteiger charge is -2.04. The smallest absolute Gasteiger partial charge is 0.379 e. The molecular weight excluding hydrogens is 294 g/mol. The topological polar surface area (TPSA) is 80.4 Å². The Hall–Kier alpha value is -1.91. The monoisotopic (exact) mass is 323 g/mol. The van der Waals surface area contributed by atoms with E-state index >= 15 is 0 Å². The number of unbranched alkanes of at least 4 members (excludes halogenated alkanes) is 4. The van der Waals surface area contributed by atoms with Crippen molar-refractivity contribution in [2.75, 3.05) is 0 Å². The predicted molar refractivity (Wildman–Crippen MR) is 93.1 cm³/mol. The van der Waals surface area contributed by atoms with Crippen molar-refractivity contribution < 1.29 is 14.8 Å². The van der Waals surface area contributed by atoms with Crippen molar-refractivity contribution in [2.45, 2.75) is 70.8 Å². The summed E-state index contributed by atoms with van der Waals surface area (Å²) >= 11 is 0. The molecule has 23 heavy (non-hydrogen) atoms. The molecule has 0 radical (unpaired) electrons. The summed E-state index contributed by atoms with van der Waals surface area (Å²) in [6.07, 6.45) is 20.5. The third kappa shape index (κ3) is 13.5. The minimum absolute atomic E-state index is 0.120. The van der Waals surface area contributed by atoms with Gasteiger partial charge in [-0.05, 0) is 38.5 Å². The van der Waals surface area contributed by atoms with Crippen LogP contribution in [0.3, 0.4) is 0 Å². The number of carboxylic acid groups (broad SMARTS) is 1. The Morgan fingerprint density at radius 3 is 2.13 bits per heavy atom. The molecule has 0 saturated carbocycles. The Morgan fingerprint density at radius 2 is 1.57 bits per heavy atom. The lowest BCUT2D eigenvalue weighted by molar-refractivity contribution is -0.511. The average molecular weight is 323 g/mol. The van der Waals surface area contributed by atoms with Crippen LogP contribution in [0.1, 0.15) is 64.7 Å². The Bertz CT molecular complexity index is 399. The highest BCUT2D eigenvalue weighted by atomic mass is 16.6. The van der Waals surface area contributed by atoms with Gasteiger partial charge < -0.3 is 5.11 Å². The fourth-order valence-corrected chi connectivity index (χ4v) is 2.10. The number of hydrogen-bond acceptors (Lipinski definition) is 3. The number of carboxylic acids is 1. The highest BCUT2D eigenvalue weighted by Crippen LogP contribution is 2.10. The van der Waals surface area contributed by atoms with Crippen molar-refractivity contribution in [1.29, 1.82) is 0 Å². The number of rotatable bonds is 14. The molecule has 130 valence electrons. The first-order chi connectivity index (χ1) is 11.1. The maximum atomic E-state index is 10.6. The number of aliphatic carboxylic acids is 1. The maximum Gasteiger partial charge on any atom is 0.379 e. The molecule has 0 aliphatic carbocycles. The van der Waals surface area contributed by atoms with Gasteiger partial charge >= 0.3 is 12.0 Å². The first-order valence-electron chi connectivity index (χ1n) is 8.40. The Labute approximate surface area is 138 Å². The van der Waals surface area contributed by atoms with Crippen molar-refractivity contribution in [2.24, 2.45) is 0 Å². The number of nitrogens with zero attached hydrogens (tertiary/aromatic N) is 1. The molecule has 5 heteroatoms. The van der Waals surface area contributed by atoms with Crippen LogP contribution in [-0.2, 0) is 4.79 Å². The molecule has 0 heterocycles. The van der Waals surface area contributed by atoms with Gasteiger partial charge in [-0.15, -0.1) is 0 Å². The normalized spacial score (nSPS) is 13.3. The third-order valence-corrected chi connectivity index (χ3v) is 3.42. The van der Waals surface area contributed by atoms with Crippen molar-refractivity contribution in [3.8, 4) is 0 Å². The molecule has 1 N–H and O–H groups in total. The lowest BCUT2D eigenvalue weighted by atomic mass is 10.1. The molecule has 0 rings (SSSR count). The summed E-state index contributed by atoms with van der Waals surface area (Å²) in [5.41, 5.74) is 0. The standard InChI is InChI=1S/C18H29NO4/c1-2-3-4-5-6-7-8-9-10-11-12-13-14-15-16-17(18(20)21)19(22)23/h3-4,6-7,9-10,17H,2,5,8,11-16H2,1H3,(H,20,21)/b4-3-,7-6-,10-9-. The van der Waals surface area contributed by atoms with Gasteiger partial charge in [0.05, 0.1) is 0 Å². The van der Waals surface area contributed by atoms with Gasteiger partial charge in [0.15, 0.2) is 0 Å². The highest BCUT2D eigenvalue weighted by Gasteiger charge is 2.27. The van der Waals surface area contributed by atoms with Crippen molar-refractivity contribution in [3.63, 3.8) is 0 Å². The first kappa shape index (κ1) is 21.1. The fourth-order valence-electron chi connectivity index (χ4n) is 2.10. The molecule has 0 aromatic carbocycles. The Morgan fingerprint density at radius 1 is 1.00 bits per heavy atom. The van der Waals surface area contributed by atoms with E-state index in [9.17, 15) is 14.9 Å². The van der Waals surface area contributed by atoms with E-state index in [1.54, 1.807) is 0 Å². The van der Waals surface area contributed by atoms with Crippen LogP contribution in [0, 0.1) is 10.1 Å². The summed E-state index contributed by atoms with van der Waals surface area (Å²) in [7, 11) is 0. The van der Waals surface area contributed by atoms with Crippen LogP contribution in [0.5, 0.6) is 0 Å². The SMILES string of the molecule is CC/C=C\C/C=C\C/C=C\CCCCCCC(C(=O)O)[N+](=O)[O-]. The van der Waals surface area contributed by atoms with Crippen LogP contribution in [0.15, 0.2) is 36.5 Å². The summed E-state index contributed by atoms with van der Waals surface area (Å²) in [4.78, 5) is 20.4. The van der Waals surface area contributed by atoms with E-state index in [0.717, 1.165) is 44.9 Å². The maximum absolute atomic E-state index is 10.6. The Balaban J connectivity index is 3.52. The van der Waals surface area contributed by atoms with Crippen molar-refractivity contribution >= 4 is 5.97 Å². The molecular formula is C18H29NO4. The van der Waals surface area contributed by atoms with E-state index in [-0.39, 0.29) is 6.42 Å². The summed E-state index contributed by atoms with van der Waals surface area (Å²) in [6, 6.07) is -1.45. The molecule has 5 nitrogen and oxygen atoms in total. The minimum Gasteiger partial charge on any atom is -0.476 e. The van der Waals surface area contributed by atoms with Crippen LogP contribution in [0.2, 0.25) is 0 Å². The van der Waals surface area contributed by atoms with Gasteiger partial charge in [0.1, 0.15) is 0 Å². The van der Waals surface area contributed by atoms with Crippen molar-refractivity contribution in [1.82, 2.24) is 0 Å². The van der Waals surface area contributed by atoms with E-state index in [1.165, 1.54) is 0 Å². The second kappa shape index (κ2) is 15.0. The highest BCUT2D eigenvalue weighted by molar-refractivity contribution is 5.71. The van der Waals surface area contributed by atoms with Crippen LogP contribution in [-0.4, -0.2) is 22.0 Å². The third-order valence-electron chi connectivity index (χ3n) is 3.42. The van der Waals surface area contributed by atoms with E-state index in [0.29, 0.717) is 6.42 Å². The number of allylic oxidation sites excluding steroid dienone is 6. The summed E-state index contributed by atoms with van der Waals surface area (Å²) in [6.45, 7) is 2.12. The van der Waals surface area contributed by atoms with Crippen molar-refractivity contribution in [3.05, 3.63) is 46.6 Å². The van der Waals surface area contributed by atoms with E-state index in [2.05, 4.69) is 43.4 Å². The molecule has 0 amide bonds. The molecule has 0 fully saturated rings. The van der Waals surface area contributed by atoms with Gasteiger partial charge in [-0.25, -0.2) is 4.79 Å². The second-order valence-electron chi connectivity index (χ2n) is 5.42. The zero-order valence-electron chi connectivity index (χ0n) is 14.0. The number of carbonyl (C=O) groups is 1. The summed E-state index contributed by atoms with van der Waals surface area (Å²) in [5, 5.41) is 19.2. The largest absolute Gasteiger partial charge is 0.476 e. The van der Waals surface area contributed by atoms with E-state index < -0.39 is 16.9 Å². The zero-order valence-corrected chi connectivity index (χ0v) is 14.0.